The minimum absolute atomic E-state index is 0.186. The van der Waals surface area contributed by atoms with Gasteiger partial charge in [-0.15, -0.1) is 11.8 Å². The van der Waals surface area contributed by atoms with Crippen LogP contribution in [0.25, 0.3) is 0 Å². The average molecular weight is 327 g/mol. The lowest BCUT2D eigenvalue weighted by Crippen LogP contribution is -2.59. The van der Waals surface area contributed by atoms with Gasteiger partial charge in [0.1, 0.15) is 5.92 Å². The molecule has 0 aromatic heterocycles. The summed E-state index contributed by atoms with van der Waals surface area (Å²) in [5.74, 6) is -3.00. The van der Waals surface area contributed by atoms with Crippen LogP contribution in [0.5, 0.6) is 0 Å². The summed E-state index contributed by atoms with van der Waals surface area (Å²) in [5.41, 5.74) is -0.783. The molecule has 8 heteroatoms. The number of hydrogen-bond acceptors (Lipinski definition) is 6. The maximum atomic E-state index is 11.9. The van der Waals surface area contributed by atoms with Crippen LogP contribution in [0.3, 0.4) is 0 Å². The molecule has 106 valence electrons. The average Bonchev–Trinajstić information content (AvgIpc) is 2.65. The number of halogens is 2. The van der Waals surface area contributed by atoms with Gasteiger partial charge in [0.25, 0.3) is 0 Å². The number of rotatable bonds is 3. The molecule has 2 fully saturated rings. The lowest BCUT2D eigenvalue weighted by molar-refractivity contribution is -0.161. The molecule has 0 bridgehead atoms. The Bertz CT molecular complexity index is 439. The van der Waals surface area contributed by atoms with Crippen molar-refractivity contribution in [2.45, 2.75) is 28.9 Å². The number of fused-ring (bicyclic) bond motifs is 1. The molecule has 1 saturated carbocycles. The number of thioether (sulfide) groups is 1. The van der Waals surface area contributed by atoms with Gasteiger partial charge < -0.3 is 9.47 Å². The highest BCUT2D eigenvalue weighted by Crippen LogP contribution is 2.61. The molecule has 4 atom stereocenters. The predicted molar refractivity (Wildman–Crippen MR) is 70.0 cm³/mol. The molecule has 0 unspecified atom stereocenters. The Balaban J connectivity index is 2.23. The van der Waals surface area contributed by atoms with E-state index in [4.69, 9.17) is 32.7 Å². The van der Waals surface area contributed by atoms with Crippen molar-refractivity contribution in [2.75, 3.05) is 6.61 Å². The summed E-state index contributed by atoms with van der Waals surface area (Å²) in [6, 6.07) is 0. The van der Waals surface area contributed by atoms with Gasteiger partial charge in [-0.3, -0.25) is 14.4 Å². The molecule has 19 heavy (non-hydrogen) atoms. The van der Waals surface area contributed by atoms with Crippen LogP contribution in [0.2, 0.25) is 0 Å². The van der Waals surface area contributed by atoms with E-state index in [0.29, 0.717) is 0 Å². The van der Waals surface area contributed by atoms with Gasteiger partial charge in [0.2, 0.25) is 0 Å². The molecular formula is C11H12Cl2O5S. The highest BCUT2D eigenvalue weighted by Gasteiger charge is 2.71. The molecule has 2 rings (SSSR count). The van der Waals surface area contributed by atoms with E-state index in [2.05, 4.69) is 0 Å². The summed E-state index contributed by atoms with van der Waals surface area (Å²) < 4.78 is 8.47. The summed E-state index contributed by atoms with van der Waals surface area (Å²) in [6.45, 7) is 3.08. The maximum absolute atomic E-state index is 11.9. The van der Waals surface area contributed by atoms with Gasteiger partial charge >= 0.3 is 11.9 Å². The summed E-state index contributed by atoms with van der Waals surface area (Å²) in [4.78, 5) is 34.9. The summed E-state index contributed by atoms with van der Waals surface area (Å²) in [6.07, 6.45) is 0. The van der Waals surface area contributed by atoms with Gasteiger partial charge in [0, 0.05) is 6.92 Å². The monoisotopic (exact) mass is 326 g/mol. The number of esters is 2. The van der Waals surface area contributed by atoms with Crippen LogP contribution in [0.1, 0.15) is 13.8 Å². The third kappa shape index (κ3) is 2.34. The number of carbonyl (C=O) groups is 3. The third-order valence-electron chi connectivity index (χ3n) is 3.12. The first-order valence-corrected chi connectivity index (χ1v) is 7.42. The van der Waals surface area contributed by atoms with Gasteiger partial charge in [-0.2, -0.15) is 0 Å². The lowest BCUT2D eigenvalue weighted by atomic mass is 9.73. The fourth-order valence-electron chi connectivity index (χ4n) is 2.31. The Morgan fingerprint density at radius 1 is 1.42 bits per heavy atom. The zero-order chi connectivity index (χ0) is 14.4. The molecule has 0 aromatic rings. The number of ketones is 1. The summed E-state index contributed by atoms with van der Waals surface area (Å²) >= 11 is 12.9. The van der Waals surface area contributed by atoms with Gasteiger partial charge in [0.15, 0.2) is 15.6 Å². The Morgan fingerprint density at radius 2 is 2.05 bits per heavy atom. The fraction of sp³-hybridized carbons (Fsp3) is 0.727. The minimum Gasteiger partial charge on any atom is -0.466 e. The largest absolute Gasteiger partial charge is 0.466 e. The van der Waals surface area contributed by atoms with E-state index in [0.717, 1.165) is 11.8 Å². The topological polar surface area (TPSA) is 69.7 Å². The molecule has 2 aliphatic rings. The Kier molecular flexibility index (Phi) is 4.05. The number of carbonyl (C=O) groups excluding carboxylic acids is 3. The summed E-state index contributed by atoms with van der Waals surface area (Å²) in [5, 5.41) is -0.456. The number of Topliss-reactive ketones (excluding diaryl/α,β-unsaturated/α-hetero) is 1. The predicted octanol–water partition coefficient (Wildman–Crippen LogP) is 1.54. The highest BCUT2D eigenvalue weighted by atomic mass is 35.5. The first-order valence-electron chi connectivity index (χ1n) is 5.72. The highest BCUT2D eigenvalue weighted by molar-refractivity contribution is 8.01. The Hall–Kier alpha value is -0.460. The van der Waals surface area contributed by atoms with Crippen molar-refractivity contribution < 1.29 is 23.9 Å². The van der Waals surface area contributed by atoms with Crippen molar-refractivity contribution in [1.29, 1.82) is 0 Å². The van der Waals surface area contributed by atoms with E-state index in [1.54, 1.807) is 6.92 Å². The zero-order valence-corrected chi connectivity index (χ0v) is 12.6. The Morgan fingerprint density at radius 3 is 2.58 bits per heavy atom. The van der Waals surface area contributed by atoms with E-state index in [-0.39, 0.29) is 6.61 Å². The molecule has 1 heterocycles. The van der Waals surface area contributed by atoms with Crippen LogP contribution in [-0.2, 0) is 23.9 Å². The van der Waals surface area contributed by atoms with Crippen molar-refractivity contribution in [3.63, 3.8) is 0 Å². The molecule has 5 nitrogen and oxygen atoms in total. The van der Waals surface area contributed by atoms with Crippen molar-refractivity contribution in [3.8, 4) is 0 Å². The number of ether oxygens (including phenoxy) is 2. The second kappa shape index (κ2) is 5.14. The van der Waals surface area contributed by atoms with Gasteiger partial charge in [-0.05, 0) is 6.92 Å². The van der Waals surface area contributed by atoms with E-state index < -0.39 is 44.6 Å². The van der Waals surface area contributed by atoms with Crippen molar-refractivity contribution >= 4 is 52.7 Å². The van der Waals surface area contributed by atoms with Crippen molar-refractivity contribution in [3.05, 3.63) is 0 Å². The second-order valence-electron chi connectivity index (χ2n) is 4.33. The van der Waals surface area contributed by atoms with Crippen molar-refractivity contribution in [2.24, 2.45) is 11.8 Å². The SMILES string of the molecule is CCOC(=O)[C@@H]1[C@H]2C(=O)C(Cl)(Cl)[C@H]2S[C@H]1OC(C)=O. The Labute approximate surface area is 124 Å². The quantitative estimate of drug-likeness (QED) is 0.579. The van der Waals surface area contributed by atoms with Gasteiger partial charge in [0.05, 0.1) is 17.8 Å². The molecule has 0 spiro atoms. The molecule has 1 saturated heterocycles. The molecule has 0 aromatic carbocycles. The smallest absolute Gasteiger partial charge is 0.314 e. The van der Waals surface area contributed by atoms with Gasteiger partial charge in [-0.25, -0.2) is 0 Å². The zero-order valence-electron chi connectivity index (χ0n) is 10.2. The van der Waals surface area contributed by atoms with E-state index in [1.165, 1.54) is 6.92 Å². The van der Waals surface area contributed by atoms with Crippen molar-refractivity contribution in [1.82, 2.24) is 0 Å². The van der Waals surface area contributed by atoms with Crippen LogP contribution in [0, 0.1) is 11.8 Å². The lowest BCUT2D eigenvalue weighted by Gasteiger charge is -2.41. The van der Waals surface area contributed by atoms with Crippen LogP contribution in [0.15, 0.2) is 0 Å². The summed E-state index contributed by atoms with van der Waals surface area (Å²) in [7, 11) is 0. The van der Waals surface area contributed by atoms with Crippen LogP contribution in [0.4, 0.5) is 0 Å². The molecule has 0 radical (unpaired) electrons. The fourth-order valence-corrected chi connectivity index (χ4v) is 4.82. The molecule has 1 aliphatic carbocycles. The third-order valence-corrected chi connectivity index (χ3v) is 5.82. The van der Waals surface area contributed by atoms with Crippen LogP contribution in [-0.4, -0.2) is 39.3 Å². The molecule has 1 aliphatic heterocycles. The molecule has 0 amide bonds. The van der Waals surface area contributed by atoms with Crippen LogP contribution >= 0.6 is 35.0 Å². The van der Waals surface area contributed by atoms with E-state index in [1.807, 2.05) is 0 Å². The maximum Gasteiger partial charge on any atom is 0.314 e. The molecular weight excluding hydrogens is 315 g/mol. The van der Waals surface area contributed by atoms with Crippen LogP contribution < -0.4 is 0 Å². The minimum atomic E-state index is -1.52. The van der Waals surface area contributed by atoms with E-state index >= 15 is 0 Å². The first-order chi connectivity index (χ1) is 8.80. The number of alkyl halides is 2. The normalized spacial score (nSPS) is 35.3. The van der Waals surface area contributed by atoms with E-state index in [9.17, 15) is 14.4 Å². The number of hydrogen-bond donors (Lipinski definition) is 0. The van der Waals surface area contributed by atoms with Gasteiger partial charge in [-0.1, -0.05) is 23.2 Å². The standard InChI is InChI=1S/C11H12Cl2O5S/c1-3-17-9(16)6-5-7(15)11(12,13)8(5)19-10(6)18-4(2)14/h5-6,8,10H,3H2,1-2H3/t5-,6-,8-,10+/m0/s1. The first kappa shape index (κ1) is 14.9. The molecule has 0 N–H and O–H groups in total. The second-order valence-corrected chi connectivity index (χ2v) is 6.96.